The van der Waals surface area contributed by atoms with Crippen LogP contribution in [-0.2, 0) is 14.3 Å². The first-order valence-electron chi connectivity index (χ1n) is 13.6. The minimum atomic E-state index is -1.66. The number of aliphatic hydroxyl groups is 3. The van der Waals surface area contributed by atoms with E-state index >= 15 is 4.39 Å². The molecule has 2 aliphatic rings. The fourth-order valence-corrected chi connectivity index (χ4v) is 5.95. The molecule has 5 rings (SSSR count). The number of hydrogen-bond acceptors (Lipinski definition) is 8. The van der Waals surface area contributed by atoms with Gasteiger partial charge in [0.2, 0.25) is 0 Å². The van der Waals surface area contributed by atoms with E-state index in [1.807, 2.05) is 0 Å². The van der Waals surface area contributed by atoms with Gasteiger partial charge < -0.3 is 29.7 Å². The molecule has 0 bridgehead atoms. The second kappa shape index (κ2) is 12.8. The first-order chi connectivity index (χ1) is 20.5. The van der Waals surface area contributed by atoms with Crippen molar-refractivity contribution >= 4 is 23.2 Å². The first kappa shape index (κ1) is 31.3. The van der Waals surface area contributed by atoms with E-state index in [2.05, 4.69) is 10.3 Å². The molecule has 2 aromatic carbocycles. The molecule has 1 aromatic heterocycles. The van der Waals surface area contributed by atoms with Crippen LogP contribution in [0.4, 0.5) is 23.2 Å². The molecular weight excluding hydrogens is 600 g/mol. The molecule has 2 heterocycles. The number of carbonyl (C=O) groups is 1. The van der Waals surface area contributed by atoms with Gasteiger partial charge in [-0.05, 0) is 43.2 Å². The topological polar surface area (TPSA) is 130 Å². The normalized spacial score (nSPS) is 27.7. The van der Waals surface area contributed by atoms with Crippen LogP contribution in [0.5, 0.6) is 0 Å². The van der Waals surface area contributed by atoms with Crippen LogP contribution >= 0.6 is 11.6 Å². The number of aromatic nitrogens is 3. The lowest BCUT2D eigenvalue weighted by atomic mass is 9.88. The van der Waals surface area contributed by atoms with E-state index in [4.69, 9.17) is 21.1 Å². The second-order valence-corrected chi connectivity index (χ2v) is 11.0. The predicted molar refractivity (Wildman–Crippen MR) is 144 cm³/mol. The number of anilines is 1. The Kier molecular flexibility index (Phi) is 9.34. The van der Waals surface area contributed by atoms with E-state index < -0.39 is 78.4 Å². The van der Waals surface area contributed by atoms with E-state index in [-0.39, 0.29) is 22.0 Å². The zero-order chi connectivity index (χ0) is 31.0. The van der Waals surface area contributed by atoms with Crippen LogP contribution in [0.25, 0.3) is 11.3 Å². The molecule has 0 radical (unpaired) electrons. The number of ether oxygens (including phenoxy) is 2. The van der Waals surface area contributed by atoms with Crippen molar-refractivity contribution in [3.63, 3.8) is 0 Å². The minimum absolute atomic E-state index is 0.0947. The van der Waals surface area contributed by atoms with E-state index in [0.717, 1.165) is 27.8 Å². The van der Waals surface area contributed by atoms with Gasteiger partial charge in [-0.2, -0.15) is 0 Å². The summed E-state index contributed by atoms with van der Waals surface area (Å²) in [5.41, 5.74) is -0.449. The van der Waals surface area contributed by atoms with Gasteiger partial charge in [0.15, 0.2) is 23.6 Å². The van der Waals surface area contributed by atoms with Crippen LogP contribution in [0.15, 0.2) is 36.5 Å². The number of nitrogens with zero attached hydrogens (tertiary/aromatic N) is 4. The van der Waals surface area contributed by atoms with Gasteiger partial charge in [0, 0.05) is 17.7 Å². The van der Waals surface area contributed by atoms with Crippen LogP contribution in [0.3, 0.4) is 0 Å². The summed E-state index contributed by atoms with van der Waals surface area (Å²) < 4.78 is 69.0. The molecule has 1 saturated heterocycles. The predicted octanol–water partition coefficient (Wildman–Crippen LogP) is 3.17. The molecule has 0 spiro atoms. The fourth-order valence-electron chi connectivity index (χ4n) is 5.78. The number of rotatable bonds is 7. The van der Waals surface area contributed by atoms with Gasteiger partial charge in [0.25, 0.3) is 5.91 Å². The molecule has 2 fully saturated rings. The third-order valence-corrected chi connectivity index (χ3v) is 8.14. The van der Waals surface area contributed by atoms with Crippen molar-refractivity contribution in [2.75, 3.05) is 18.6 Å². The molecule has 10 nitrogen and oxygen atoms in total. The standard InChI is InChI=1S/C28H29ClF4N4O6/c1-42-26-24(36-11-18(34-35-36)13-8-16(31)23(33)17(32)9-13)25(40)22(12-38)43-27(26)28(41)37(19-4-2-3-5-21(19)39)20-10-14(29)6-7-15(20)30/h6-11,19,21-22,24-27,38-40H,2-5,12H2,1H3/t19-,21-,22?,24?,25?,26?,27?/m0/s1. The molecule has 1 aliphatic carbocycles. The molecule has 5 unspecified atom stereocenters. The van der Waals surface area contributed by atoms with Crippen molar-refractivity contribution in [2.45, 2.75) is 68.3 Å². The summed E-state index contributed by atoms with van der Waals surface area (Å²) in [6, 6.07) is 2.97. The summed E-state index contributed by atoms with van der Waals surface area (Å²) in [5, 5.41) is 40.0. The Hall–Kier alpha value is -3.14. The maximum atomic E-state index is 15.2. The number of methoxy groups -OCH3 is 1. The Bertz CT molecular complexity index is 1460. The van der Waals surface area contributed by atoms with Gasteiger partial charge >= 0.3 is 0 Å². The Labute approximate surface area is 248 Å². The van der Waals surface area contributed by atoms with Crippen molar-refractivity contribution in [2.24, 2.45) is 0 Å². The van der Waals surface area contributed by atoms with Crippen molar-refractivity contribution in [3.8, 4) is 11.3 Å². The van der Waals surface area contributed by atoms with Gasteiger partial charge in [-0.25, -0.2) is 22.2 Å². The average Bonchev–Trinajstić information content (AvgIpc) is 3.48. The Morgan fingerprint density at radius 3 is 2.47 bits per heavy atom. The van der Waals surface area contributed by atoms with Crippen LogP contribution in [0, 0.1) is 23.3 Å². The molecule has 232 valence electrons. The average molecular weight is 629 g/mol. The maximum absolute atomic E-state index is 15.2. The monoisotopic (exact) mass is 628 g/mol. The highest BCUT2D eigenvalue weighted by Gasteiger charge is 2.52. The number of benzene rings is 2. The van der Waals surface area contributed by atoms with Crippen molar-refractivity contribution < 1.29 is 47.1 Å². The number of halogens is 5. The van der Waals surface area contributed by atoms with Crippen molar-refractivity contribution in [3.05, 3.63) is 64.8 Å². The third-order valence-electron chi connectivity index (χ3n) is 7.91. The Morgan fingerprint density at radius 1 is 1.12 bits per heavy atom. The van der Waals surface area contributed by atoms with Gasteiger partial charge in [-0.3, -0.25) is 4.79 Å². The number of amides is 1. The van der Waals surface area contributed by atoms with E-state index in [9.17, 15) is 33.3 Å². The van der Waals surface area contributed by atoms with Crippen LogP contribution < -0.4 is 4.90 Å². The Balaban J connectivity index is 1.55. The number of carbonyl (C=O) groups excluding carboxylic acids is 1. The van der Waals surface area contributed by atoms with E-state index in [1.165, 1.54) is 25.4 Å². The molecule has 1 amide bonds. The summed E-state index contributed by atoms with van der Waals surface area (Å²) in [4.78, 5) is 15.4. The lowest BCUT2D eigenvalue weighted by Gasteiger charge is -2.46. The maximum Gasteiger partial charge on any atom is 0.259 e. The highest BCUT2D eigenvalue weighted by atomic mass is 35.5. The van der Waals surface area contributed by atoms with Crippen LogP contribution in [-0.4, -0.2) is 86.5 Å². The van der Waals surface area contributed by atoms with Gasteiger partial charge in [0.1, 0.15) is 35.9 Å². The SMILES string of the molecule is COC1C(C(=O)N(c2cc(Cl)ccc2F)[C@H]2CCCC[C@@H]2O)OC(CO)C(O)C1n1cc(-c2cc(F)c(F)c(F)c2)nn1. The van der Waals surface area contributed by atoms with E-state index in [0.29, 0.717) is 25.7 Å². The molecular formula is C28H29ClF4N4O6. The summed E-state index contributed by atoms with van der Waals surface area (Å²) in [7, 11) is 1.23. The lowest BCUT2D eigenvalue weighted by Crippen LogP contribution is -2.63. The smallest absolute Gasteiger partial charge is 0.259 e. The molecule has 3 aromatic rings. The van der Waals surface area contributed by atoms with Gasteiger partial charge in [-0.1, -0.05) is 29.7 Å². The summed E-state index contributed by atoms with van der Waals surface area (Å²) in [6.07, 6.45) is -3.53. The van der Waals surface area contributed by atoms with E-state index in [1.54, 1.807) is 0 Å². The molecule has 3 N–H and O–H groups in total. The highest BCUT2D eigenvalue weighted by molar-refractivity contribution is 6.31. The molecule has 1 aliphatic heterocycles. The summed E-state index contributed by atoms with van der Waals surface area (Å²) in [6.45, 7) is -0.745. The highest BCUT2D eigenvalue weighted by Crippen LogP contribution is 2.37. The Morgan fingerprint density at radius 2 is 1.81 bits per heavy atom. The first-order valence-corrected chi connectivity index (χ1v) is 13.9. The summed E-state index contributed by atoms with van der Waals surface area (Å²) in [5.74, 6) is -6.18. The summed E-state index contributed by atoms with van der Waals surface area (Å²) >= 11 is 6.16. The largest absolute Gasteiger partial charge is 0.394 e. The lowest BCUT2D eigenvalue weighted by molar-refractivity contribution is -0.211. The fraction of sp³-hybridized carbons (Fsp3) is 0.464. The molecule has 1 saturated carbocycles. The second-order valence-electron chi connectivity index (χ2n) is 10.5. The molecule has 7 atom stereocenters. The minimum Gasteiger partial charge on any atom is -0.394 e. The zero-order valence-electron chi connectivity index (χ0n) is 22.8. The number of hydrogen-bond donors (Lipinski definition) is 3. The van der Waals surface area contributed by atoms with Crippen LogP contribution in [0.1, 0.15) is 31.7 Å². The quantitative estimate of drug-likeness (QED) is 0.269. The van der Waals surface area contributed by atoms with Crippen molar-refractivity contribution in [1.82, 2.24) is 15.0 Å². The van der Waals surface area contributed by atoms with Crippen molar-refractivity contribution in [1.29, 1.82) is 0 Å². The van der Waals surface area contributed by atoms with Gasteiger partial charge in [0.05, 0.1) is 30.6 Å². The third kappa shape index (κ3) is 5.99. The number of aliphatic hydroxyl groups excluding tert-OH is 3. The zero-order valence-corrected chi connectivity index (χ0v) is 23.5. The molecule has 15 heteroatoms. The van der Waals surface area contributed by atoms with Crippen LogP contribution in [0.2, 0.25) is 5.02 Å². The molecule has 43 heavy (non-hydrogen) atoms. The van der Waals surface area contributed by atoms with Gasteiger partial charge in [-0.15, -0.1) is 5.10 Å².